The Morgan fingerprint density at radius 1 is 1.24 bits per heavy atom. The van der Waals surface area contributed by atoms with Gasteiger partial charge in [-0.05, 0) is 72.7 Å². The molecule has 0 amide bonds. The van der Waals surface area contributed by atoms with Crippen molar-refractivity contribution in [2.75, 3.05) is 26.2 Å². The van der Waals surface area contributed by atoms with Gasteiger partial charge in [-0.2, -0.15) is 11.3 Å². The van der Waals surface area contributed by atoms with Crippen molar-refractivity contribution in [1.82, 2.24) is 15.5 Å². The van der Waals surface area contributed by atoms with Crippen LogP contribution >= 0.6 is 35.3 Å². The van der Waals surface area contributed by atoms with E-state index in [0.717, 1.165) is 69.9 Å². The highest BCUT2D eigenvalue weighted by atomic mass is 127. The van der Waals surface area contributed by atoms with E-state index >= 15 is 0 Å². The highest BCUT2D eigenvalue weighted by molar-refractivity contribution is 14.0. The molecular weight excluding hydrogens is 498 g/mol. The van der Waals surface area contributed by atoms with Crippen molar-refractivity contribution >= 4 is 41.3 Å². The Morgan fingerprint density at radius 2 is 2.07 bits per heavy atom. The molecule has 1 aliphatic heterocycles. The molecule has 0 spiro atoms. The lowest BCUT2D eigenvalue weighted by atomic mass is 10.0. The number of guanidine groups is 1. The maximum Gasteiger partial charge on any atom is 0.191 e. The highest BCUT2D eigenvalue weighted by Gasteiger charge is 2.20. The number of likely N-dealkylation sites (tertiary alicyclic amines) is 1. The van der Waals surface area contributed by atoms with Crippen molar-refractivity contribution in [1.29, 1.82) is 0 Å². The smallest absolute Gasteiger partial charge is 0.191 e. The number of hydrogen-bond donors (Lipinski definition) is 2. The van der Waals surface area contributed by atoms with Gasteiger partial charge in [-0.3, -0.25) is 9.89 Å². The van der Waals surface area contributed by atoms with Gasteiger partial charge in [0.25, 0.3) is 0 Å². The molecule has 2 N–H and O–H groups in total. The second-order valence-electron chi connectivity index (χ2n) is 7.32. The molecule has 1 aromatic carbocycles. The van der Waals surface area contributed by atoms with Crippen molar-refractivity contribution in [2.24, 2.45) is 4.99 Å². The number of thiophene rings is 1. The first-order valence-corrected chi connectivity index (χ1v) is 11.2. The molecule has 1 aromatic heterocycles. The largest absolute Gasteiger partial charge is 0.357 e. The molecule has 160 valence electrons. The topological polar surface area (TPSA) is 39.7 Å². The fraction of sp³-hybridized carbons (Fsp3) is 0.500. The van der Waals surface area contributed by atoms with Crippen LogP contribution in [-0.4, -0.2) is 43.1 Å². The van der Waals surface area contributed by atoms with E-state index in [2.05, 4.69) is 39.3 Å². The summed E-state index contributed by atoms with van der Waals surface area (Å²) in [5.41, 5.74) is 2.45. The predicted molar refractivity (Wildman–Crippen MR) is 132 cm³/mol. The van der Waals surface area contributed by atoms with E-state index in [-0.39, 0.29) is 29.8 Å². The first-order chi connectivity index (χ1) is 13.7. The number of benzene rings is 1. The van der Waals surface area contributed by atoms with Crippen LogP contribution in [0.4, 0.5) is 4.39 Å². The lowest BCUT2D eigenvalue weighted by molar-refractivity contribution is 0.198. The average Bonchev–Trinajstić information content (AvgIpc) is 3.20. The van der Waals surface area contributed by atoms with Crippen molar-refractivity contribution in [3.05, 3.63) is 58.0 Å². The van der Waals surface area contributed by atoms with Crippen LogP contribution < -0.4 is 10.6 Å². The number of halogens is 2. The molecule has 2 aromatic rings. The van der Waals surface area contributed by atoms with Gasteiger partial charge in [-0.25, -0.2) is 4.39 Å². The Labute approximate surface area is 195 Å². The van der Waals surface area contributed by atoms with Gasteiger partial charge < -0.3 is 10.6 Å². The van der Waals surface area contributed by atoms with Crippen LogP contribution in [-0.2, 0) is 13.0 Å². The molecular formula is C22H32FIN4S. The molecule has 0 bridgehead atoms. The zero-order chi connectivity index (χ0) is 19.6. The summed E-state index contributed by atoms with van der Waals surface area (Å²) in [6, 6.07) is 9.52. The van der Waals surface area contributed by atoms with Gasteiger partial charge in [-0.1, -0.05) is 12.1 Å². The first-order valence-electron chi connectivity index (χ1n) is 10.3. The number of piperidine rings is 1. The molecule has 29 heavy (non-hydrogen) atoms. The SMILES string of the molecule is CCNC(=NCCCc1cccc(F)c1)NC1CCN(Cc2ccsc2)CC1.I. The summed E-state index contributed by atoms with van der Waals surface area (Å²) in [5, 5.41) is 11.3. The van der Waals surface area contributed by atoms with Crippen LogP contribution in [0.15, 0.2) is 46.1 Å². The average molecular weight is 530 g/mol. The second kappa shape index (κ2) is 13.2. The molecule has 0 aliphatic carbocycles. The summed E-state index contributed by atoms with van der Waals surface area (Å²) in [6.07, 6.45) is 4.04. The van der Waals surface area contributed by atoms with Gasteiger partial charge in [-0.15, -0.1) is 24.0 Å². The fourth-order valence-corrected chi connectivity index (χ4v) is 4.22. The van der Waals surface area contributed by atoms with Crippen LogP contribution in [0.2, 0.25) is 0 Å². The van der Waals surface area contributed by atoms with Gasteiger partial charge in [0.15, 0.2) is 5.96 Å². The summed E-state index contributed by atoms with van der Waals surface area (Å²) in [7, 11) is 0. The van der Waals surface area contributed by atoms with Gasteiger partial charge in [0, 0.05) is 38.8 Å². The summed E-state index contributed by atoms with van der Waals surface area (Å²) in [5.74, 6) is 0.736. The molecule has 3 rings (SSSR count). The number of aliphatic imine (C=N–C) groups is 1. The molecule has 0 atom stereocenters. The molecule has 0 radical (unpaired) electrons. The monoisotopic (exact) mass is 530 g/mol. The Morgan fingerprint density at radius 3 is 2.76 bits per heavy atom. The van der Waals surface area contributed by atoms with E-state index in [9.17, 15) is 4.39 Å². The van der Waals surface area contributed by atoms with E-state index in [1.165, 1.54) is 11.6 Å². The molecule has 7 heteroatoms. The van der Waals surface area contributed by atoms with Crippen molar-refractivity contribution in [3.63, 3.8) is 0 Å². The van der Waals surface area contributed by atoms with Gasteiger partial charge in [0.2, 0.25) is 0 Å². The Hall–Kier alpha value is -1.19. The number of nitrogens with one attached hydrogen (secondary N) is 2. The third-order valence-corrected chi connectivity index (χ3v) is 5.77. The van der Waals surface area contributed by atoms with E-state index < -0.39 is 0 Å². The van der Waals surface area contributed by atoms with E-state index in [1.54, 1.807) is 23.5 Å². The van der Waals surface area contributed by atoms with Crippen LogP contribution in [0, 0.1) is 5.82 Å². The molecule has 2 heterocycles. The number of nitrogens with zero attached hydrogens (tertiary/aromatic N) is 2. The molecule has 1 saturated heterocycles. The van der Waals surface area contributed by atoms with Gasteiger partial charge >= 0.3 is 0 Å². The van der Waals surface area contributed by atoms with Crippen LogP contribution in [0.5, 0.6) is 0 Å². The van der Waals surface area contributed by atoms with Crippen molar-refractivity contribution in [3.8, 4) is 0 Å². The zero-order valence-corrected chi connectivity index (χ0v) is 20.2. The van der Waals surface area contributed by atoms with Crippen molar-refractivity contribution in [2.45, 2.75) is 45.2 Å². The van der Waals surface area contributed by atoms with Crippen LogP contribution in [0.1, 0.15) is 37.3 Å². The predicted octanol–water partition coefficient (Wildman–Crippen LogP) is 4.66. The summed E-state index contributed by atoms with van der Waals surface area (Å²) < 4.78 is 13.2. The summed E-state index contributed by atoms with van der Waals surface area (Å²) in [6.45, 7) is 6.98. The second-order valence-corrected chi connectivity index (χ2v) is 8.10. The zero-order valence-electron chi connectivity index (χ0n) is 17.1. The molecule has 0 unspecified atom stereocenters. The highest BCUT2D eigenvalue weighted by Crippen LogP contribution is 2.15. The van der Waals surface area contributed by atoms with E-state index in [0.29, 0.717) is 6.04 Å². The van der Waals surface area contributed by atoms with Crippen molar-refractivity contribution < 1.29 is 4.39 Å². The lowest BCUT2D eigenvalue weighted by Gasteiger charge is -2.33. The summed E-state index contributed by atoms with van der Waals surface area (Å²) in [4.78, 5) is 7.24. The van der Waals surface area contributed by atoms with Crippen LogP contribution in [0.25, 0.3) is 0 Å². The molecule has 0 saturated carbocycles. The molecule has 4 nitrogen and oxygen atoms in total. The Bertz CT molecular complexity index is 730. The maximum atomic E-state index is 13.2. The molecule has 1 fully saturated rings. The van der Waals surface area contributed by atoms with Gasteiger partial charge in [0.1, 0.15) is 5.82 Å². The minimum atomic E-state index is -0.165. The minimum Gasteiger partial charge on any atom is -0.357 e. The fourth-order valence-electron chi connectivity index (χ4n) is 3.56. The van der Waals surface area contributed by atoms with E-state index in [1.807, 2.05) is 6.07 Å². The van der Waals surface area contributed by atoms with E-state index in [4.69, 9.17) is 4.99 Å². The quantitative estimate of drug-likeness (QED) is 0.226. The third kappa shape index (κ3) is 8.60. The number of hydrogen-bond acceptors (Lipinski definition) is 3. The minimum absolute atomic E-state index is 0. The lowest BCUT2D eigenvalue weighted by Crippen LogP contribution is -2.48. The maximum absolute atomic E-state index is 13.2. The third-order valence-electron chi connectivity index (χ3n) is 5.04. The summed E-state index contributed by atoms with van der Waals surface area (Å²) >= 11 is 1.77. The normalized spacial score (nSPS) is 15.7. The Balaban J connectivity index is 0.00000300. The Kier molecular flexibility index (Phi) is 10.9. The standard InChI is InChI=1S/C22H31FN4S.HI/c1-2-24-22(25-11-4-6-18-5-3-7-20(23)15-18)26-21-8-12-27(13-9-21)16-19-10-14-28-17-19;/h3,5,7,10,14-15,17,21H,2,4,6,8-9,11-13,16H2,1H3,(H2,24,25,26);1H. The van der Waals surface area contributed by atoms with Gasteiger partial charge in [0.05, 0.1) is 0 Å². The number of rotatable bonds is 8. The number of aryl methyl sites for hydroxylation is 1. The van der Waals surface area contributed by atoms with Crippen LogP contribution in [0.3, 0.4) is 0 Å². The molecule has 1 aliphatic rings. The first kappa shape index (κ1) is 24.1.